The van der Waals surface area contributed by atoms with E-state index in [1.165, 1.54) is 19.1 Å². The third kappa shape index (κ3) is 6.46. The summed E-state index contributed by atoms with van der Waals surface area (Å²) < 4.78 is 31.2. The lowest BCUT2D eigenvalue weighted by Crippen LogP contribution is -2.51. The molecule has 0 bridgehead atoms. The Morgan fingerprint density at radius 1 is 1.12 bits per heavy atom. The number of rotatable bonds is 10. The summed E-state index contributed by atoms with van der Waals surface area (Å²) in [7, 11) is -0.732. The summed E-state index contributed by atoms with van der Waals surface area (Å²) in [5.41, 5.74) is 2.22. The van der Waals surface area contributed by atoms with Crippen LogP contribution in [0.2, 0.25) is 0 Å². The number of carbonyl (C=O) groups is 2. The number of methoxy groups -OCH3 is 1. The summed E-state index contributed by atoms with van der Waals surface area (Å²) in [5.74, 6) is -0.202. The topological polar surface area (TPSA) is 96.0 Å². The molecular weight excluding hydrogens is 430 g/mol. The van der Waals surface area contributed by atoms with Gasteiger partial charge in [0.25, 0.3) is 0 Å². The van der Waals surface area contributed by atoms with Gasteiger partial charge < -0.3 is 15.0 Å². The molecule has 32 heavy (non-hydrogen) atoms. The van der Waals surface area contributed by atoms with E-state index in [4.69, 9.17) is 4.74 Å². The quantitative estimate of drug-likeness (QED) is 0.586. The molecule has 2 aromatic carbocycles. The van der Waals surface area contributed by atoms with Crippen molar-refractivity contribution in [3.8, 4) is 5.75 Å². The van der Waals surface area contributed by atoms with Crippen molar-refractivity contribution in [2.45, 2.75) is 32.9 Å². The number of amides is 2. The number of sulfonamides is 1. The zero-order valence-corrected chi connectivity index (χ0v) is 20.0. The highest BCUT2D eigenvalue weighted by molar-refractivity contribution is 7.92. The molecule has 9 heteroatoms. The second-order valence-electron chi connectivity index (χ2n) is 7.52. The molecule has 0 fully saturated rings. The second kappa shape index (κ2) is 11.0. The van der Waals surface area contributed by atoms with Gasteiger partial charge in [-0.3, -0.25) is 13.9 Å². The number of aryl methyl sites for hydroxylation is 1. The van der Waals surface area contributed by atoms with Crippen LogP contribution in [0.4, 0.5) is 5.69 Å². The fraction of sp³-hybridized carbons (Fsp3) is 0.391. The number of nitrogens with zero attached hydrogens (tertiary/aromatic N) is 2. The van der Waals surface area contributed by atoms with E-state index >= 15 is 0 Å². The molecule has 2 amide bonds. The van der Waals surface area contributed by atoms with Crippen molar-refractivity contribution in [3.63, 3.8) is 0 Å². The average molecular weight is 462 g/mol. The van der Waals surface area contributed by atoms with Crippen LogP contribution < -0.4 is 14.4 Å². The van der Waals surface area contributed by atoms with Crippen molar-refractivity contribution in [1.82, 2.24) is 10.2 Å². The van der Waals surface area contributed by atoms with Crippen molar-refractivity contribution >= 4 is 27.5 Å². The fourth-order valence-corrected chi connectivity index (χ4v) is 4.31. The maximum absolute atomic E-state index is 13.4. The molecule has 0 heterocycles. The Bertz CT molecular complexity index is 1040. The summed E-state index contributed by atoms with van der Waals surface area (Å²) in [4.78, 5) is 27.4. The number of carbonyl (C=O) groups excluding carboxylic acids is 2. The molecule has 8 nitrogen and oxygen atoms in total. The molecule has 1 unspecified atom stereocenters. The number of likely N-dealkylation sites (N-methyl/N-ethyl adjacent to an activating group) is 1. The molecule has 0 saturated heterocycles. The Morgan fingerprint density at radius 2 is 1.78 bits per heavy atom. The molecule has 1 N–H and O–H groups in total. The normalized spacial score (nSPS) is 12.0. The molecule has 0 aliphatic carbocycles. The number of anilines is 1. The highest BCUT2D eigenvalue weighted by atomic mass is 32.2. The highest BCUT2D eigenvalue weighted by Crippen LogP contribution is 2.22. The van der Waals surface area contributed by atoms with Crippen LogP contribution in [-0.4, -0.2) is 58.1 Å². The third-order valence-electron chi connectivity index (χ3n) is 5.11. The van der Waals surface area contributed by atoms with Crippen LogP contribution >= 0.6 is 0 Å². The zero-order valence-electron chi connectivity index (χ0n) is 19.2. The van der Waals surface area contributed by atoms with Crippen LogP contribution in [-0.2, 0) is 26.2 Å². The maximum atomic E-state index is 13.4. The van der Waals surface area contributed by atoms with Gasteiger partial charge >= 0.3 is 0 Å². The largest absolute Gasteiger partial charge is 0.497 e. The van der Waals surface area contributed by atoms with Gasteiger partial charge in [-0.2, -0.15) is 0 Å². The number of ether oxygens (including phenoxy) is 1. The Balaban J connectivity index is 2.41. The van der Waals surface area contributed by atoms with Crippen LogP contribution in [0.15, 0.2) is 48.5 Å². The number of hydrogen-bond donors (Lipinski definition) is 1. The SMILES string of the molecule is CCC(C(=O)NC)N(Cc1cccc(C)c1)C(=O)CN(c1ccc(OC)cc1)S(C)(=O)=O. The van der Waals surface area contributed by atoms with E-state index in [2.05, 4.69) is 5.32 Å². The highest BCUT2D eigenvalue weighted by Gasteiger charge is 2.31. The molecule has 0 spiro atoms. The number of nitrogens with one attached hydrogen (secondary N) is 1. The molecule has 0 aliphatic rings. The van der Waals surface area contributed by atoms with Crippen molar-refractivity contribution < 1.29 is 22.7 Å². The molecule has 1 atom stereocenters. The van der Waals surface area contributed by atoms with E-state index in [-0.39, 0.29) is 12.5 Å². The summed E-state index contributed by atoms with van der Waals surface area (Å²) in [6.07, 6.45) is 1.43. The lowest BCUT2D eigenvalue weighted by Gasteiger charge is -2.32. The molecule has 0 aromatic heterocycles. The van der Waals surface area contributed by atoms with Gasteiger partial charge in [-0.25, -0.2) is 8.42 Å². The fourth-order valence-electron chi connectivity index (χ4n) is 3.46. The minimum Gasteiger partial charge on any atom is -0.497 e. The van der Waals surface area contributed by atoms with Crippen LogP contribution in [0.3, 0.4) is 0 Å². The molecule has 0 aliphatic heterocycles. The minimum absolute atomic E-state index is 0.187. The summed E-state index contributed by atoms with van der Waals surface area (Å²) in [5, 5.41) is 2.60. The van der Waals surface area contributed by atoms with Crippen LogP contribution in [0, 0.1) is 6.92 Å². The van der Waals surface area contributed by atoms with Gasteiger partial charge in [0, 0.05) is 13.6 Å². The van der Waals surface area contributed by atoms with Gasteiger partial charge in [0.15, 0.2) is 0 Å². The van der Waals surface area contributed by atoms with Gasteiger partial charge in [0.05, 0.1) is 19.1 Å². The van der Waals surface area contributed by atoms with Gasteiger partial charge in [-0.1, -0.05) is 36.8 Å². The first kappa shape index (κ1) is 25.2. The number of benzene rings is 2. The van der Waals surface area contributed by atoms with Crippen LogP contribution in [0.25, 0.3) is 0 Å². The molecule has 0 saturated carbocycles. The first-order valence-electron chi connectivity index (χ1n) is 10.3. The monoisotopic (exact) mass is 461 g/mol. The smallest absolute Gasteiger partial charge is 0.244 e. The summed E-state index contributed by atoms with van der Waals surface area (Å²) >= 11 is 0. The average Bonchev–Trinajstić information content (AvgIpc) is 2.76. The molecule has 2 rings (SSSR count). The van der Waals surface area contributed by atoms with E-state index in [0.29, 0.717) is 17.9 Å². The van der Waals surface area contributed by atoms with Crippen molar-refractivity contribution in [2.24, 2.45) is 0 Å². The van der Waals surface area contributed by atoms with Gasteiger partial charge in [0.1, 0.15) is 18.3 Å². The maximum Gasteiger partial charge on any atom is 0.244 e. The van der Waals surface area contributed by atoms with Gasteiger partial charge in [-0.15, -0.1) is 0 Å². The van der Waals surface area contributed by atoms with E-state index in [1.54, 1.807) is 24.3 Å². The molecule has 2 aromatic rings. The van der Waals surface area contributed by atoms with Crippen molar-refractivity contribution in [3.05, 3.63) is 59.7 Å². The predicted octanol–water partition coefficient (Wildman–Crippen LogP) is 2.32. The van der Waals surface area contributed by atoms with E-state index in [1.807, 2.05) is 38.1 Å². The zero-order chi connectivity index (χ0) is 23.9. The minimum atomic E-state index is -3.76. The molecule has 174 valence electrons. The van der Waals surface area contributed by atoms with Gasteiger partial charge in [-0.05, 0) is 43.2 Å². The summed E-state index contributed by atoms with van der Waals surface area (Å²) in [6, 6.07) is 13.3. The first-order valence-corrected chi connectivity index (χ1v) is 12.1. The van der Waals surface area contributed by atoms with Gasteiger partial charge in [0.2, 0.25) is 21.8 Å². The first-order chi connectivity index (χ1) is 15.1. The van der Waals surface area contributed by atoms with E-state index in [0.717, 1.165) is 21.7 Å². The van der Waals surface area contributed by atoms with Crippen molar-refractivity contribution in [2.75, 3.05) is 31.3 Å². The van der Waals surface area contributed by atoms with E-state index in [9.17, 15) is 18.0 Å². The Kier molecular flexibility index (Phi) is 8.65. The molecule has 0 radical (unpaired) electrons. The second-order valence-corrected chi connectivity index (χ2v) is 9.42. The van der Waals surface area contributed by atoms with Crippen molar-refractivity contribution in [1.29, 1.82) is 0 Å². The Hall–Kier alpha value is -3.07. The Morgan fingerprint density at radius 3 is 2.28 bits per heavy atom. The lowest BCUT2D eigenvalue weighted by molar-refractivity contribution is -0.140. The predicted molar refractivity (Wildman–Crippen MR) is 125 cm³/mol. The summed E-state index contributed by atoms with van der Waals surface area (Å²) in [6.45, 7) is 3.52. The third-order valence-corrected chi connectivity index (χ3v) is 6.25. The van der Waals surface area contributed by atoms with Crippen LogP contribution in [0.5, 0.6) is 5.75 Å². The van der Waals surface area contributed by atoms with E-state index < -0.39 is 28.5 Å². The lowest BCUT2D eigenvalue weighted by atomic mass is 10.1. The standard InChI is InChI=1S/C23H31N3O5S/c1-6-21(23(28)24-3)25(15-18-9-7-8-17(2)14-18)22(27)16-26(32(5,29)30)19-10-12-20(31-4)13-11-19/h7-14,21H,6,15-16H2,1-5H3,(H,24,28). The van der Waals surface area contributed by atoms with Crippen LogP contribution in [0.1, 0.15) is 24.5 Å². The number of hydrogen-bond acceptors (Lipinski definition) is 5. The Labute approximate surface area is 190 Å². The molecular formula is C23H31N3O5S.